The molecular formula is C18H18N4O. The molecule has 1 N–H and O–H groups in total. The Hall–Kier alpha value is -2.95. The van der Waals surface area contributed by atoms with Crippen LogP contribution in [0.4, 0.5) is 5.69 Å². The van der Waals surface area contributed by atoms with E-state index in [2.05, 4.69) is 22.2 Å². The van der Waals surface area contributed by atoms with Crippen LogP contribution in [0.3, 0.4) is 0 Å². The summed E-state index contributed by atoms with van der Waals surface area (Å²) in [4.78, 5) is 20.7. The van der Waals surface area contributed by atoms with Crippen LogP contribution in [0.15, 0.2) is 67.4 Å². The Balaban J connectivity index is 1.73. The number of nitrogens with zero attached hydrogens (tertiary/aromatic N) is 3. The van der Waals surface area contributed by atoms with E-state index in [0.29, 0.717) is 11.3 Å². The van der Waals surface area contributed by atoms with Gasteiger partial charge >= 0.3 is 0 Å². The molecule has 0 fully saturated rings. The SMILES string of the molecule is CCC(c1ccc(NC(=O)c2ccccc2)cn1)n1ccnc1. The summed E-state index contributed by atoms with van der Waals surface area (Å²) in [7, 11) is 0. The Kier molecular flexibility index (Phi) is 4.47. The summed E-state index contributed by atoms with van der Waals surface area (Å²) in [6.07, 6.45) is 8.09. The number of imidazole rings is 1. The fraction of sp³-hybridized carbons (Fsp3) is 0.167. The molecule has 5 heteroatoms. The molecule has 1 unspecified atom stereocenters. The molecule has 116 valence electrons. The molecule has 0 aliphatic rings. The van der Waals surface area contributed by atoms with Crippen LogP contribution < -0.4 is 5.32 Å². The van der Waals surface area contributed by atoms with Gasteiger partial charge in [-0.3, -0.25) is 9.78 Å². The summed E-state index contributed by atoms with van der Waals surface area (Å²) in [5.41, 5.74) is 2.26. The van der Waals surface area contributed by atoms with Gasteiger partial charge in [-0.25, -0.2) is 4.98 Å². The third kappa shape index (κ3) is 3.45. The molecule has 0 aliphatic carbocycles. The minimum Gasteiger partial charge on any atom is -0.328 e. The summed E-state index contributed by atoms with van der Waals surface area (Å²) in [5, 5.41) is 2.86. The molecule has 0 saturated carbocycles. The van der Waals surface area contributed by atoms with E-state index in [4.69, 9.17) is 0 Å². The van der Waals surface area contributed by atoms with Crippen LogP contribution in [-0.2, 0) is 0 Å². The Morgan fingerprint density at radius 1 is 1.22 bits per heavy atom. The molecule has 2 heterocycles. The van der Waals surface area contributed by atoms with Crippen LogP contribution in [0.25, 0.3) is 0 Å². The van der Waals surface area contributed by atoms with Crippen LogP contribution in [-0.4, -0.2) is 20.4 Å². The van der Waals surface area contributed by atoms with E-state index in [1.807, 2.05) is 41.1 Å². The number of rotatable bonds is 5. The lowest BCUT2D eigenvalue weighted by molar-refractivity contribution is 0.102. The van der Waals surface area contributed by atoms with Crippen molar-refractivity contribution < 1.29 is 4.79 Å². The number of carbonyl (C=O) groups is 1. The topological polar surface area (TPSA) is 59.8 Å². The van der Waals surface area contributed by atoms with Gasteiger partial charge in [-0.2, -0.15) is 0 Å². The minimum absolute atomic E-state index is 0.137. The maximum absolute atomic E-state index is 12.1. The Labute approximate surface area is 135 Å². The molecule has 1 atom stereocenters. The smallest absolute Gasteiger partial charge is 0.255 e. The highest BCUT2D eigenvalue weighted by molar-refractivity contribution is 6.04. The standard InChI is InChI=1S/C18H18N4O/c1-2-17(22-11-10-19-13-22)16-9-8-15(12-20-16)21-18(23)14-6-4-3-5-7-14/h3-13,17H,2H2,1H3,(H,21,23). The van der Waals surface area contributed by atoms with Crippen LogP contribution >= 0.6 is 0 Å². The first kappa shape index (κ1) is 15.0. The van der Waals surface area contributed by atoms with Gasteiger partial charge in [-0.1, -0.05) is 25.1 Å². The van der Waals surface area contributed by atoms with Gasteiger partial charge in [-0.05, 0) is 30.7 Å². The quantitative estimate of drug-likeness (QED) is 0.784. The molecule has 3 aromatic rings. The van der Waals surface area contributed by atoms with Crippen molar-refractivity contribution >= 4 is 11.6 Å². The van der Waals surface area contributed by atoms with Gasteiger partial charge in [0.1, 0.15) is 0 Å². The lowest BCUT2D eigenvalue weighted by Gasteiger charge is -2.16. The minimum atomic E-state index is -0.137. The van der Waals surface area contributed by atoms with Gasteiger partial charge in [0.05, 0.1) is 29.9 Å². The average molecular weight is 306 g/mol. The van der Waals surface area contributed by atoms with Crippen molar-refractivity contribution in [2.45, 2.75) is 19.4 Å². The second-order valence-corrected chi connectivity index (χ2v) is 5.23. The Bertz CT molecular complexity index is 751. The van der Waals surface area contributed by atoms with Gasteiger partial charge < -0.3 is 9.88 Å². The lowest BCUT2D eigenvalue weighted by atomic mass is 10.1. The molecule has 0 spiro atoms. The van der Waals surface area contributed by atoms with Crippen molar-refractivity contribution in [3.63, 3.8) is 0 Å². The van der Waals surface area contributed by atoms with Crippen LogP contribution in [0.2, 0.25) is 0 Å². The van der Waals surface area contributed by atoms with E-state index >= 15 is 0 Å². The van der Waals surface area contributed by atoms with Crippen molar-refractivity contribution in [1.29, 1.82) is 0 Å². The molecule has 2 aromatic heterocycles. The molecule has 23 heavy (non-hydrogen) atoms. The van der Waals surface area contributed by atoms with Crippen molar-refractivity contribution in [3.05, 3.63) is 78.6 Å². The largest absolute Gasteiger partial charge is 0.328 e. The number of carbonyl (C=O) groups excluding carboxylic acids is 1. The van der Waals surface area contributed by atoms with E-state index in [1.54, 1.807) is 30.9 Å². The van der Waals surface area contributed by atoms with Crippen molar-refractivity contribution in [3.8, 4) is 0 Å². The monoisotopic (exact) mass is 306 g/mol. The Morgan fingerprint density at radius 3 is 2.65 bits per heavy atom. The molecule has 0 bridgehead atoms. The van der Waals surface area contributed by atoms with Gasteiger partial charge in [0.15, 0.2) is 0 Å². The average Bonchev–Trinajstić information content (AvgIpc) is 3.12. The zero-order chi connectivity index (χ0) is 16.1. The maximum Gasteiger partial charge on any atom is 0.255 e. The molecule has 5 nitrogen and oxygen atoms in total. The van der Waals surface area contributed by atoms with E-state index in [9.17, 15) is 4.79 Å². The van der Waals surface area contributed by atoms with Crippen molar-refractivity contribution in [2.75, 3.05) is 5.32 Å². The Morgan fingerprint density at radius 2 is 2.04 bits per heavy atom. The highest BCUT2D eigenvalue weighted by Gasteiger charge is 2.12. The zero-order valence-corrected chi connectivity index (χ0v) is 12.9. The number of pyridine rings is 1. The van der Waals surface area contributed by atoms with Gasteiger partial charge in [0.25, 0.3) is 5.91 Å². The van der Waals surface area contributed by atoms with E-state index in [0.717, 1.165) is 12.1 Å². The summed E-state index contributed by atoms with van der Waals surface area (Å²) in [6.45, 7) is 2.11. The van der Waals surface area contributed by atoms with E-state index in [-0.39, 0.29) is 11.9 Å². The predicted molar refractivity (Wildman–Crippen MR) is 89.3 cm³/mol. The second-order valence-electron chi connectivity index (χ2n) is 5.23. The molecule has 1 amide bonds. The van der Waals surface area contributed by atoms with Gasteiger partial charge in [-0.15, -0.1) is 0 Å². The summed E-state index contributed by atoms with van der Waals surface area (Å²) < 4.78 is 2.03. The van der Waals surface area contributed by atoms with E-state index in [1.165, 1.54) is 0 Å². The second kappa shape index (κ2) is 6.87. The number of nitrogens with one attached hydrogen (secondary N) is 1. The first-order valence-electron chi connectivity index (χ1n) is 7.57. The fourth-order valence-electron chi connectivity index (χ4n) is 2.50. The van der Waals surface area contributed by atoms with Crippen LogP contribution in [0.5, 0.6) is 0 Å². The maximum atomic E-state index is 12.1. The highest BCUT2D eigenvalue weighted by atomic mass is 16.1. The first-order chi connectivity index (χ1) is 11.3. The third-order valence-corrected chi connectivity index (χ3v) is 3.69. The van der Waals surface area contributed by atoms with Crippen LogP contribution in [0, 0.1) is 0 Å². The number of aromatic nitrogens is 3. The molecular weight excluding hydrogens is 288 g/mol. The molecule has 0 radical (unpaired) electrons. The third-order valence-electron chi connectivity index (χ3n) is 3.69. The predicted octanol–water partition coefficient (Wildman–Crippen LogP) is 3.53. The number of anilines is 1. The number of hydrogen-bond donors (Lipinski definition) is 1. The molecule has 1 aromatic carbocycles. The van der Waals surface area contributed by atoms with Gasteiger partial charge in [0.2, 0.25) is 0 Å². The number of amides is 1. The van der Waals surface area contributed by atoms with Crippen LogP contribution in [0.1, 0.15) is 35.4 Å². The van der Waals surface area contributed by atoms with E-state index < -0.39 is 0 Å². The van der Waals surface area contributed by atoms with Gasteiger partial charge in [0, 0.05) is 18.0 Å². The number of hydrogen-bond acceptors (Lipinski definition) is 3. The normalized spacial score (nSPS) is 11.9. The molecule has 0 saturated heterocycles. The summed E-state index contributed by atoms with van der Waals surface area (Å²) in [5.74, 6) is -0.137. The summed E-state index contributed by atoms with van der Waals surface area (Å²) >= 11 is 0. The lowest BCUT2D eigenvalue weighted by Crippen LogP contribution is -2.13. The highest BCUT2D eigenvalue weighted by Crippen LogP contribution is 2.21. The van der Waals surface area contributed by atoms with Crippen molar-refractivity contribution in [1.82, 2.24) is 14.5 Å². The zero-order valence-electron chi connectivity index (χ0n) is 12.9. The summed E-state index contributed by atoms with van der Waals surface area (Å²) in [6, 6.07) is 13.1. The number of benzene rings is 1. The van der Waals surface area contributed by atoms with Crippen molar-refractivity contribution in [2.24, 2.45) is 0 Å². The molecule has 3 rings (SSSR count). The first-order valence-corrected chi connectivity index (χ1v) is 7.57. The fourth-order valence-corrected chi connectivity index (χ4v) is 2.50. The molecule has 0 aliphatic heterocycles.